The molecule has 2 N–H and O–H groups in total. The van der Waals surface area contributed by atoms with Crippen molar-refractivity contribution in [2.75, 3.05) is 25.0 Å². The lowest BCUT2D eigenvalue weighted by Crippen LogP contribution is -2.29. The number of nitrogens with zero attached hydrogens (tertiary/aromatic N) is 3. The first kappa shape index (κ1) is 22.8. The summed E-state index contributed by atoms with van der Waals surface area (Å²) in [6.07, 6.45) is 13.6. The highest BCUT2D eigenvalue weighted by Crippen LogP contribution is 2.27. The van der Waals surface area contributed by atoms with Crippen molar-refractivity contribution in [3.05, 3.63) is 42.5 Å². The molecule has 0 bridgehead atoms. The van der Waals surface area contributed by atoms with E-state index < -0.39 is 10.0 Å². The Labute approximate surface area is 190 Å². The minimum Gasteiger partial charge on any atom is -0.382 e. The first-order chi connectivity index (χ1) is 15.5. The number of hydrogen-bond donors (Lipinski definition) is 2. The van der Waals surface area contributed by atoms with Gasteiger partial charge in [0.1, 0.15) is 0 Å². The van der Waals surface area contributed by atoms with E-state index >= 15 is 0 Å². The van der Waals surface area contributed by atoms with Crippen LogP contribution in [0.3, 0.4) is 0 Å². The Balaban J connectivity index is 1.49. The van der Waals surface area contributed by atoms with Gasteiger partial charge < -0.3 is 15.2 Å². The van der Waals surface area contributed by atoms with Crippen molar-refractivity contribution in [1.29, 1.82) is 0 Å². The number of rotatable bonds is 9. The molecule has 32 heavy (non-hydrogen) atoms. The van der Waals surface area contributed by atoms with Crippen LogP contribution in [0.5, 0.6) is 0 Å². The Morgan fingerprint density at radius 1 is 1.06 bits per heavy atom. The smallest absolute Gasteiger partial charge is 0.251 e. The lowest BCUT2D eigenvalue weighted by Gasteiger charge is -2.25. The highest BCUT2D eigenvalue weighted by Gasteiger charge is 2.28. The number of nitrogens with one attached hydrogen (secondary N) is 2. The first-order valence-corrected chi connectivity index (χ1v) is 13.1. The van der Waals surface area contributed by atoms with E-state index in [9.17, 15) is 13.2 Å². The Morgan fingerprint density at radius 3 is 2.56 bits per heavy atom. The summed E-state index contributed by atoms with van der Waals surface area (Å²) in [5.41, 5.74) is 1.09. The summed E-state index contributed by atoms with van der Waals surface area (Å²) in [6.45, 7) is 2.35. The number of sulfonamides is 1. The van der Waals surface area contributed by atoms with Gasteiger partial charge in [0.15, 0.2) is 0 Å². The average Bonchev–Trinajstić information content (AvgIpc) is 3.52. The second kappa shape index (κ2) is 10.5. The van der Waals surface area contributed by atoms with E-state index in [-0.39, 0.29) is 10.8 Å². The number of carbonyl (C=O) groups is 1. The monoisotopic (exact) mass is 459 g/mol. The predicted octanol–water partition coefficient (Wildman–Crippen LogP) is 3.23. The molecule has 2 aromatic rings. The van der Waals surface area contributed by atoms with Gasteiger partial charge in [0.05, 0.1) is 11.2 Å². The van der Waals surface area contributed by atoms with E-state index in [0.717, 1.165) is 38.6 Å². The van der Waals surface area contributed by atoms with Gasteiger partial charge >= 0.3 is 0 Å². The van der Waals surface area contributed by atoms with Crippen LogP contribution in [0.15, 0.2) is 41.8 Å². The molecule has 0 spiro atoms. The number of anilines is 1. The van der Waals surface area contributed by atoms with Crippen LogP contribution in [0.4, 0.5) is 5.69 Å². The lowest BCUT2D eigenvalue weighted by molar-refractivity contribution is 0.0952. The molecule has 0 unspecified atom stereocenters. The van der Waals surface area contributed by atoms with Crippen molar-refractivity contribution >= 4 is 21.6 Å². The number of hydrogen-bond acceptors (Lipinski definition) is 5. The number of amides is 1. The molecule has 8 nitrogen and oxygen atoms in total. The van der Waals surface area contributed by atoms with Crippen LogP contribution in [-0.4, -0.2) is 53.9 Å². The quantitative estimate of drug-likeness (QED) is 0.561. The van der Waals surface area contributed by atoms with E-state index in [0.29, 0.717) is 36.9 Å². The van der Waals surface area contributed by atoms with Crippen LogP contribution >= 0.6 is 0 Å². The molecule has 1 saturated carbocycles. The van der Waals surface area contributed by atoms with Gasteiger partial charge in [-0.25, -0.2) is 13.4 Å². The Bertz CT molecular complexity index is 995. The molecule has 0 atom stereocenters. The van der Waals surface area contributed by atoms with Gasteiger partial charge in [-0.15, -0.1) is 0 Å². The van der Waals surface area contributed by atoms with Gasteiger partial charge in [0.2, 0.25) is 10.0 Å². The minimum absolute atomic E-state index is 0.198. The van der Waals surface area contributed by atoms with Crippen molar-refractivity contribution in [3.8, 4) is 0 Å². The zero-order valence-corrected chi connectivity index (χ0v) is 19.3. The lowest BCUT2D eigenvalue weighted by atomic mass is 9.95. The van der Waals surface area contributed by atoms with E-state index in [1.807, 2.05) is 10.8 Å². The predicted molar refractivity (Wildman–Crippen MR) is 124 cm³/mol. The van der Waals surface area contributed by atoms with Gasteiger partial charge in [-0.3, -0.25) is 4.79 Å². The summed E-state index contributed by atoms with van der Waals surface area (Å²) in [5.74, 6) is -0.249. The van der Waals surface area contributed by atoms with Crippen molar-refractivity contribution in [3.63, 3.8) is 0 Å². The number of aryl methyl sites for hydroxylation is 1. The fourth-order valence-corrected chi connectivity index (χ4v) is 6.10. The van der Waals surface area contributed by atoms with Gasteiger partial charge in [-0.05, 0) is 50.3 Å². The van der Waals surface area contributed by atoms with Crippen molar-refractivity contribution < 1.29 is 13.2 Å². The van der Waals surface area contributed by atoms with Crippen LogP contribution < -0.4 is 10.6 Å². The molecule has 1 aliphatic carbocycles. The standard InChI is InChI=1S/C23H33N5O3S/c29-23(25-9-6-11-27-14-10-24-18-27)19-15-21(26-20-7-2-1-3-8-20)17-22(16-19)32(30,31)28-12-4-5-13-28/h10,14-18,20,26H,1-9,11-13H2,(H,25,29). The van der Waals surface area contributed by atoms with Crippen LogP contribution in [0.2, 0.25) is 0 Å². The molecule has 9 heteroatoms. The van der Waals surface area contributed by atoms with Gasteiger partial charge in [-0.1, -0.05) is 19.3 Å². The largest absolute Gasteiger partial charge is 0.382 e. The summed E-state index contributed by atoms with van der Waals surface area (Å²) < 4.78 is 29.9. The third kappa shape index (κ3) is 5.69. The molecule has 2 heterocycles. The summed E-state index contributed by atoms with van der Waals surface area (Å²) in [5, 5.41) is 6.42. The topological polar surface area (TPSA) is 96.3 Å². The van der Waals surface area contributed by atoms with Gasteiger partial charge in [0, 0.05) is 55.9 Å². The molecule has 1 aromatic heterocycles. The minimum atomic E-state index is -3.61. The molecule has 1 aliphatic heterocycles. The van der Waals surface area contributed by atoms with E-state index in [1.165, 1.54) is 29.6 Å². The van der Waals surface area contributed by atoms with Crippen molar-refractivity contribution in [2.45, 2.75) is 68.8 Å². The zero-order chi connectivity index (χ0) is 22.4. The molecule has 0 radical (unpaired) electrons. The summed E-state index contributed by atoms with van der Waals surface area (Å²) in [7, 11) is -3.61. The summed E-state index contributed by atoms with van der Waals surface area (Å²) >= 11 is 0. The Hall–Kier alpha value is -2.39. The molecule has 1 saturated heterocycles. The van der Waals surface area contributed by atoms with E-state index in [2.05, 4.69) is 15.6 Å². The van der Waals surface area contributed by atoms with Gasteiger partial charge in [0.25, 0.3) is 5.91 Å². The number of carbonyl (C=O) groups excluding carboxylic acids is 1. The highest BCUT2D eigenvalue weighted by molar-refractivity contribution is 7.89. The highest BCUT2D eigenvalue weighted by atomic mass is 32.2. The van der Waals surface area contributed by atoms with Crippen LogP contribution in [0, 0.1) is 0 Å². The molecule has 4 rings (SSSR count). The van der Waals surface area contributed by atoms with E-state index in [4.69, 9.17) is 0 Å². The normalized spacial score (nSPS) is 18.0. The number of aromatic nitrogens is 2. The van der Waals surface area contributed by atoms with Crippen LogP contribution in [0.1, 0.15) is 61.7 Å². The Morgan fingerprint density at radius 2 is 1.84 bits per heavy atom. The third-order valence-electron chi connectivity index (χ3n) is 6.29. The second-order valence-corrected chi connectivity index (χ2v) is 10.7. The SMILES string of the molecule is O=C(NCCCn1ccnc1)c1cc(NC2CCCCC2)cc(S(=O)(=O)N2CCCC2)c1. The molecular formula is C23H33N5O3S. The fourth-order valence-electron chi connectivity index (χ4n) is 4.51. The number of benzene rings is 1. The molecule has 1 aromatic carbocycles. The van der Waals surface area contributed by atoms with Crippen molar-refractivity contribution in [2.24, 2.45) is 0 Å². The fraction of sp³-hybridized carbons (Fsp3) is 0.565. The molecule has 2 aliphatic rings. The maximum atomic E-state index is 13.2. The molecule has 174 valence electrons. The average molecular weight is 460 g/mol. The van der Waals surface area contributed by atoms with Crippen LogP contribution in [0.25, 0.3) is 0 Å². The van der Waals surface area contributed by atoms with Crippen molar-refractivity contribution in [1.82, 2.24) is 19.2 Å². The van der Waals surface area contributed by atoms with Gasteiger partial charge in [-0.2, -0.15) is 4.31 Å². The first-order valence-electron chi connectivity index (χ1n) is 11.7. The maximum Gasteiger partial charge on any atom is 0.251 e. The Kier molecular flexibility index (Phi) is 7.47. The number of imidazole rings is 1. The summed E-state index contributed by atoms with van der Waals surface area (Å²) in [4.78, 5) is 17.1. The summed E-state index contributed by atoms with van der Waals surface area (Å²) in [6, 6.07) is 5.31. The second-order valence-electron chi connectivity index (χ2n) is 8.75. The zero-order valence-electron chi connectivity index (χ0n) is 18.5. The van der Waals surface area contributed by atoms with E-state index in [1.54, 1.807) is 24.7 Å². The third-order valence-corrected chi connectivity index (χ3v) is 8.16. The molecular weight excluding hydrogens is 426 g/mol. The van der Waals surface area contributed by atoms with Crippen LogP contribution in [-0.2, 0) is 16.6 Å². The maximum absolute atomic E-state index is 13.2. The molecule has 2 fully saturated rings. The molecule has 1 amide bonds.